The Hall–Kier alpha value is -1.51. The van der Waals surface area contributed by atoms with E-state index in [9.17, 15) is 26.3 Å². The maximum atomic E-state index is 13.3. The molecule has 2 N–H and O–H groups in total. The molecule has 0 unspecified atom stereocenters. The Morgan fingerprint density at radius 2 is 1.94 bits per heavy atom. The van der Waals surface area contributed by atoms with E-state index in [0.717, 1.165) is 0 Å². The van der Waals surface area contributed by atoms with Crippen LogP contribution in [0.5, 0.6) is 5.75 Å². The molecule has 9 heteroatoms. The van der Waals surface area contributed by atoms with Gasteiger partial charge in [0.2, 0.25) is 0 Å². The van der Waals surface area contributed by atoms with E-state index in [1.165, 1.54) is 0 Å². The highest BCUT2D eigenvalue weighted by atomic mass is 19.4. The molecule has 17 heavy (non-hydrogen) atoms. The number of halogens is 6. The van der Waals surface area contributed by atoms with Gasteiger partial charge in [0, 0.05) is 12.1 Å². The molecule has 1 aromatic heterocycles. The minimum Gasteiger partial charge on any atom is -0.404 e. The molecular formula is C8H6F6N2O. The van der Waals surface area contributed by atoms with Crippen LogP contribution < -0.4 is 10.5 Å². The summed E-state index contributed by atoms with van der Waals surface area (Å²) in [4.78, 5) is 2.86. The number of pyridine rings is 1. The van der Waals surface area contributed by atoms with Crippen molar-refractivity contribution in [2.75, 3.05) is 0 Å². The van der Waals surface area contributed by atoms with Gasteiger partial charge in [-0.25, -0.2) is 18.2 Å². The van der Waals surface area contributed by atoms with E-state index in [2.05, 4.69) is 9.72 Å². The Balaban J connectivity index is 3.21. The lowest BCUT2D eigenvalue weighted by Gasteiger charge is -2.13. The van der Waals surface area contributed by atoms with E-state index >= 15 is 0 Å². The fourth-order valence-corrected chi connectivity index (χ4v) is 1.08. The second-order valence-electron chi connectivity index (χ2n) is 2.85. The van der Waals surface area contributed by atoms with Crippen molar-refractivity contribution in [1.29, 1.82) is 0 Å². The second kappa shape index (κ2) is 4.78. The molecule has 0 bridgehead atoms. The maximum Gasteiger partial charge on any atom is 0.573 e. The van der Waals surface area contributed by atoms with Gasteiger partial charge in [-0.2, -0.15) is 0 Å². The van der Waals surface area contributed by atoms with Crippen LogP contribution in [0.15, 0.2) is 6.20 Å². The van der Waals surface area contributed by atoms with Crippen molar-refractivity contribution in [2.24, 2.45) is 5.73 Å². The predicted molar refractivity (Wildman–Crippen MR) is 43.7 cm³/mol. The molecule has 0 aliphatic rings. The highest BCUT2D eigenvalue weighted by Gasteiger charge is 2.33. The molecular weight excluding hydrogens is 254 g/mol. The molecule has 0 spiro atoms. The average molecular weight is 260 g/mol. The lowest BCUT2D eigenvalue weighted by molar-refractivity contribution is -0.275. The Morgan fingerprint density at radius 3 is 2.35 bits per heavy atom. The van der Waals surface area contributed by atoms with Gasteiger partial charge in [-0.05, 0) is 0 Å². The van der Waals surface area contributed by atoms with Gasteiger partial charge in [0.25, 0.3) is 6.43 Å². The van der Waals surface area contributed by atoms with Gasteiger partial charge in [0.05, 0.1) is 6.20 Å². The predicted octanol–water partition coefficient (Wildman–Crippen LogP) is 2.52. The minimum absolute atomic E-state index is 0.361. The largest absolute Gasteiger partial charge is 0.573 e. The van der Waals surface area contributed by atoms with Crippen molar-refractivity contribution in [3.05, 3.63) is 23.3 Å². The van der Waals surface area contributed by atoms with Crippen molar-refractivity contribution in [3.63, 3.8) is 0 Å². The Morgan fingerprint density at radius 1 is 1.35 bits per heavy atom. The number of nitrogens with two attached hydrogens (primary N) is 1. The standard InChI is InChI=1S/C8H6F6N2O/c9-5-3(1-15)4(17-8(12,13)14)2-16-6(5)7(10)11/h2,7H,1,15H2. The third-order valence-electron chi connectivity index (χ3n) is 1.74. The van der Waals surface area contributed by atoms with Crippen molar-refractivity contribution < 1.29 is 31.1 Å². The van der Waals surface area contributed by atoms with Crippen LogP contribution in [0.1, 0.15) is 17.7 Å². The number of hydrogen-bond acceptors (Lipinski definition) is 3. The third kappa shape index (κ3) is 3.22. The van der Waals surface area contributed by atoms with Crippen LogP contribution in [-0.2, 0) is 6.54 Å². The molecule has 1 aromatic rings. The zero-order valence-electron chi connectivity index (χ0n) is 8.06. The first-order valence-corrected chi connectivity index (χ1v) is 4.17. The third-order valence-corrected chi connectivity index (χ3v) is 1.74. The summed E-state index contributed by atoms with van der Waals surface area (Å²) >= 11 is 0. The number of hydrogen-bond donors (Lipinski definition) is 1. The summed E-state index contributed by atoms with van der Waals surface area (Å²) < 4.78 is 76.8. The molecule has 0 saturated carbocycles. The molecule has 96 valence electrons. The lowest BCUT2D eigenvalue weighted by atomic mass is 10.2. The van der Waals surface area contributed by atoms with E-state index in [1.807, 2.05) is 0 Å². The fraction of sp³-hybridized carbons (Fsp3) is 0.375. The summed E-state index contributed by atoms with van der Waals surface area (Å²) in [6, 6.07) is 0. The molecule has 3 nitrogen and oxygen atoms in total. The zero-order chi connectivity index (χ0) is 13.2. The molecule has 1 heterocycles. The highest BCUT2D eigenvalue weighted by molar-refractivity contribution is 5.34. The summed E-state index contributed by atoms with van der Waals surface area (Å²) in [5.41, 5.74) is 2.92. The molecule has 0 atom stereocenters. The van der Waals surface area contributed by atoms with Gasteiger partial charge in [0.15, 0.2) is 11.6 Å². The van der Waals surface area contributed by atoms with Crippen LogP contribution in [0.4, 0.5) is 26.3 Å². The van der Waals surface area contributed by atoms with Gasteiger partial charge in [-0.3, -0.25) is 0 Å². The van der Waals surface area contributed by atoms with Gasteiger partial charge in [-0.15, -0.1) is 13.2 Å². The van der Waals surface area contributed by atoms with Gasteiger partial charge < -0.3 is 10.5 Å². The fourth-order valence-electron chi connectivity index (χ4n) is 1.08. The number of alkyl halides is 5. The topological polar surface area (TPSA) is 48.1 Å². The van der Waals surface area contributed by atoms with Crippen LogP contribution in [0, 0.1) is 5.82 Å². The van der Waals surface area contributed by atoms with E-state index in [1.54, 1.807) is 0 Å². The number of aromatic nitrogens is 1. The lowest BCUT2D eigenvalue weighted by Crippen LogP contribution is -2.20. The van der Waals surface area contributed by atoms with E-state index < -0.39 is 42.2 Å². The molecule has 0 aliphatic heterocycles. The Bertz CT molecular complexity index is 406. The van der Waals surface area contributed by atoms with Crippen molar-refractivity contribution in [2.45, 2.75) is 19.3 Å². The van der Waals surface area contributed by atoms with E-state index in [0.29, 0.717) is 6.20 Å². The van der Waals surface area contributed by atoms with Gasteiger partial charge in [-0.1, -0.05) is 0 Å². The first-order valence-electron chi connectivity index (χ1n) is 4.17. The SMILES string of the molecule is NCc1c(OC(F)(F)F)cnc(C(F)F)c1F. The van der Waals surface area contributed by atoms with Gasteiger partial charge in [0.1, 0.15) is 5.69 Å². The van der Waals surface area contributed by atoms with Gasteiger partial charge >= 0.3 is 6.36 Å². The molecule has 0 fully saturated rings. The quantitative estimate of drug-likeness (QED) is 0.849. The zero-order valence-corrected chi connectivity index (χ0v) is 8.06. The van der Waals surface area contributed by atoms with Crippen molar-refractivity contribution >= 4 is 0 Å². The van der Waals surface area contributed by atoms with Crippen molar-refractivity contribution in [1.82, 2.24) is 4.98 Å². The molecule has 0 saturated heterocycles. The van der Waals surface area contributed by atoms with E-state index in [4.69, 9.17) is 5.73 Å². The number of rotatable bonds is 3. The smallest absolute Gasteiger partial charge is 0.404 e. The van der Waals surface area contributed by atoms with Crippen LogP contribution >= 0.6 is 0 Å². The molecule has 0 aliphatic carbocycles. The summed E-state index contributed by atoms with van der Waals surface area (Å²) in [6.07, 6.45) is -7.97. The second-order valence-corrected chi connectivity index (χ2v) is 2.85. The van der Waals surface area contributed by atoms with Crippen LogP contribution in [0.2, 0.25) is 0 Å². The first kappa shape index (κ1) is 13.6. The van der Waals surface area contributed by atoms with Crippen LogP contribution in [0.25, 0.3) is 0 Å². The highest BCUT2D eigenvalue weighted by Crippen LogP contribution is 2.31. The summed E-state index contributed by atoms with van der Waals surface area (Å²) in [5, 5.41) is 0. The average Bonchev–Trinajstić information content (AvgIpc) is 2.15. The monoisotopic (exact) mass is 260 g/mol. The Kier molecular flexibility index (Phi) is 3.81. The summed E-state index contributed by atoms with van der Waals surface area (Å²) in [5.74, 6) is -2.62. The van der Waals surface area contributed by atoms with E-state index in [-0.39, 0.29) is 0 Å². The summed E-state index contributed by atoms with van der Waals surface area (Å²) in [6.45, 7) is -0.723. The Labute approximate surface area is 91.2 Å². The molecule has 1 rings (SSSR count). The van der Waals surface area contributed by atoms with Crippen LogP contribution in [0.3, 0.4) is 0 Å². The van der Waals surface area contributed by atoms with Crippen LogP contribution in [-0.4, -0.2) is 11.3 Å². The normalized spacial score (nSPS) is 12.0. The molecule has 0 aromatic carbocycles. The number of ether oxygens (including phenoxy) is 1. The van der Waals surface area contributed by atoms with Crippen molar-refractivity contribution in [3.8, 4) is 5.75 Å². The summed E-state index contributed by atoms with van der Waals surface area (Å²) in [7, 11) is 0. The molecule has 0 amide bonds. The minimum atomic E-state index is -5.08. The number of nitrogens with zero attached hydrogens (tertiary/aromatic N) is 1. The molecule has 0 radical (unpaired) electrons. The first-order chi connectivity index (χ1) is 7.76. The maximum absolute atomic E-state index is 13.3.